The van der Waals surface area contributed by atoms with Gasteiger partial charge in [0.1, 0.15) is 23.9 Å². The zero-order chi connectivity index (χ0) is 19.9. The predicted octanol–water partition coefficient (Wildman–Crippen LogP) is 5.48. The van der Waals surface area contributed by atoms with Crippen molar-refractivity contribution in [2.45, 2.75) is 40.2 Å². The highest BCUT2D eigenvalue weighted by Crippen LogP contribution is 2.34. The van der Waals surface area contributed by atoms with Gasteiger partial charge in [-0.25, -0.2) is 18.2 Å². The first-order valence-electron chi connectivity index (χ1n) is 8.30. The Labute approximate surface area is 152 Å². The van der Waals surface area contributed by atoms with Gasteiger partial charge in [0, 0.05) is 5.56 Å². The number of halogens is 3. The van der Waals surface area contributed by atoms with E-state index in [0.717, 1.165) is 5.57 Å². The molecule has 3 nitrogen and oxygen atoms in total. The number of alkyl halides is 2. The van der Waals surface area contributed by atoms with Crippen LogP contribution in [0, 0.1) is 12.7 Å². The second kappa shape index (κ2) is 9.97. The first-order valence-corrected chi connectivity index (χ1v) is 8.30. The lowest BCUT2D eigenvalue weighted by Gasteiger charge is -2.17. The molecule has 0 aliphatic carbocycles. The van der Waals surface area contributed by atoms with Gasteiger partial charge in [-0.05, 0) is 55.3 Å². The first kappa shape index (κ1) is 21.7. The summed E-state index contributed by atoms with van der Waals surface area (Å²) in [4.78, 5) is 4.13. The van der Waals surface area contributed by atoms with E-state index in [2.05, 4.69) is 11.6 Å². The monoisotopic (exact) mass is 367 g/mol. The summed E-state index contributed by atoms with van der Waals surface area (Å²) in [7, 11) is 0. The van der Waals surface area contributed by atoms with Crippen molar-refractivity contribution in [3.63, 3.8) is 0 Å². The van der Waals surface area contributed by atoms with Crippen molar-refractivity contribution in [2.24, 2.45) is 0 Å². The van der Waals surface area contributed by atoms with E-state index in [0.29, 0.717) is 16.9 Å². The summed E-state index contributed by atoms with van der Waals surface area (Å²) in [5.74, 6) is -0.0431. The molecule has 26 heavy (non-hydrogen) atoms. The molecule has 6 heteroatoms. The molecule has 2 aromatic rings. The molecular weight excluding hydrogens is 343 g/mol. The highest BCUT2D eigenvalue weighted by atomic mass is 19.3. The molecule has 0 spiro atoms. The standard InChI is InChI=1S/C18H18F3NO2.C2H6/c1-10(2)9-24-17-11(3)8-14(16(23)18(20)21)22-15(17)12-4-6-13(19)7-5-12;1-2/h4-8,16,18,23H,1,9H2,2-3H3;1-2H3. The van der Waals surface area contributed by atoms with Crippen molar-refractivity contribution in [1.82, 2.24) is 4.98 Å². The smallest absolute Gasteiger partial charge is 0.269 e. The van der Waals surface area contributed by atoms with Crippen LogP contribution >= 0.6 is 0 Å². The van der Waals surface area contributed by atoms with Gasteiger partial charge in [-0.15, -0.1) is 0 Å². The molecule has 142 valence electrons. The van der Waals surface area contributed by atoms with Crippen LogP contribution in [0.5, 0.6) is 5.75 Å². The Kier molecular flexibility index (Phi) is 8.32. The molecule has 0 bridgehead atoms. The van der Waals surface area contributed by atoms with Crippen molar-refractivity contribution in [3.05, 3.63) is 59.6 Å². The molecule has 1 heterocycles. The largest absolute Gasteiger partial charge is 0.487 e. The number of aliphatic hydroxyl groups excluding tert-OH is 1. The van der Waals surface area contributed by atoms with E-state index < -0.39 is 18.3 Å². The topological polar surface area (TPSA) is 42.4 Å². The van der Waals surface area contributed by atoms with E-state index in [1.54, 1.807) is 13.8 Å². The summed E-state index contributed by atoms with van der Waals surface area (Å²) in [5.41, 5.74) is 1.92. The summed E-state index contributed by atoms with van der Waals surface area (Å²) in [6, 6.07) is 6.79. The van der Waals surface area contributed by atoms with E-state index in [-0.39, 0.29) is 18.0 Å². The number of aliphatic hydroxyl groups is 1. The second-order valence-electron chi connectivity index (χ2n) is 5.57. The number of aromatic nitrogens is 1. The summed E-state index contributed by atoms with van der Waals surface area (Å²) in [6.07, 6.45) is -4.96. The molecule has 1 N–H and O–H groups in total. The SMILES string of the molecule is C=C(C)COc1c(C)cc(C(O)C(F)F)nc1-c1ccc(F)cc1.CC. The van der Waals surface area contributed by atoms with Crippen LogP contribution in [0.2, 0.25) is 0 Å². The zero-order valence-corrected chi connectivity index (χ0v) is 15.4. The maximum atomic E-state index is 13.1. The van der Waals surface area contributed by atoms with E-state index in [4.69, 9.17) is 4.74 Å². The number of ether oxygens (including phenoxy) is 1. The lowest BCUT2D eigenvalue weighted by Crippen LogP contribution is -2.12. The summed E-state index contributed by atoms with van der Waals surface area (Å²) in [6.45, 7) is 11.4. The molecule has 0 aliphatic heterocycles. The molecule has 0 amide bonds. The van der Waals surface area contributed by atoms with Gasteiger partial charge in [-0.3, -0.25) is 0 Å². The van der Waals surface area contributed by atoms with Gasteiger partial charge >= 0.3 is 0 Å². The van der Waals surface area contributed by atoms with Crippen molar-refractivity contribution in [2.75, 3.05) is 6.61 Å². The van der Waals surface area contributed by atoms with Crippen molar-refractivity contribution < 1.29 is 23.0 Å². The number of hydrogen-bond acceptors (Lipinski definition) is 3. The highest BCUT2D eigenvalue weighted by molar-refractivity contribution is 5.68. The quantitative estimate of drug-likeness (QED) is 0.688. The fraction of sp³-hybridized carbons (Fsp3) is 0.350. The minimum Gasteiger partial charge on any atom is -0.487 e. The van der Waals surface area contributed by atoms with Gasteiger partial charge in [-0.1, -0.05) is 20.4 Å². The first-order chi connectivity index (χ1) is 12.3. The Bertz CT molecular complexity index is 731. The predicted molar refractivity (Wildman–Crippen MR) is 97.0 cm³/mol. The van der Waals surface area contributed by atoms with Crippen LogP contribution in [0.1, 0.15) is 38.1 Å². The van der Waals surface area contributed by atoms with Crippen LogP contribution in [0.25, 0.3) is 11.3 Å². The minimum atomic E-state index is -2.96. The van der Waals surface area contributed by atoms with Gasteiger partial charge < -0.3 is 9.84 Å². The Hall–Kier alpha value is -2.34. The normalized spacial score (nSPS) is 11.6. The molecule has 1 aromatic heterocycles. The van der Waals surface area contributed by atoms with Crippen molar-refractivity contribution in [1.29, 1.82) is 0 Å². The molecule has 1 atom stereocenters. The fourth-order valence-electron chi connectivity index (χ4n) is 2.15. The Morgan fingerprint density at radius 1 is 1.23 bits per heavy atom. The molecule has 0 fully saturated rings. The third kappa shape index (κ3) is 5.59. The van der Waals surface area contributed by atoms with Crippen LogP contribution in [-0.4, -0.2) is 23.1 Å². The number of nitrogens with zero attached hydrogens (tertiary/aromatic N) is 1. The fourth-order valence-corrected chi connectivity index (χ4v) is 2.15. The maximum Gasteiger partial charge on any atom is 0.269 e. The van der Waals surface area contributed by atoms with E-state index in [9.17, 15) is 18.3 Å². The van der Waals surface area contributed by atoms with Gasteiger partial charge in [-0.2, -0.15) is 0 Å². The number of pyridine rings is 1. The van der Waals surface area contributed by atoms with Crippen LogP contribution in [0.3, 0.4) is 0 Å². The van der Waals surface area contributed by atoms with Gasteiger partial charge in [0.2, 0.25) is 0 Å². The van der Waals surface area contributed by atoms with Crippen LogP contribution in [0.4, 0.5) is 13.2 Å². The van der Waals surface area contributed by atoms with Crippen LogP contribution in [0.15, 0.2) is 42.5 Å². The van der Waals surface area contributed by atoms with Crippen LogP contribution in [-0.2, 0) is 0 Å². The molecule has 0 aliphatic rings. The van der Waals surface area contributed by atoms with E-state index in [1.165, 1.54) is 30.3 Å². The Morgan fingerprint density at radius 3 is 2.31 bits per heavy atom. The molecule has 0 saturated carbocycles. The molecule has 0 saturated heterocycles. The molecule has 0 radical (unpaired) electrons. The van der Waals surface area contributed by atoms with E-state index >= 15 is 0 Å². The lowest BCUT2D eigenvalue weighted by molar-refractivity contribution is -0.00821. The summed E-state index contributed by atoms with van der Waals surface area (Å²) in [5, 5.41) is 9.62. The average Bonchev–Trinajstić information content (AvgIpc) is 2.61. The highest BCUT2D eigenvalue weighted by Gasteiger charge is 2.24. The minimum absolute atomic E-state index is 0.162. The van der Waals surface area contributed by atoms with Gasteiger partial charge in [0.05, 0.1) is 5.69 Å². The molecule has 1 aromatic carbocycles. The molecular formula is C20H24F3NO2. The maximum absolute atomic E-state index is 13.1. The number of benzene rings is 1. The molecule has 1 unspecified atom stereocenters. The third-order valence-electron chi connectivity index (χ3n) is 3.30. The second-order valence-corrected chi connectivity index (χ2v) is 5.57. The Balaban J connectivity index is 0.00000163. The van der Waals surface area contributed by atoms with Crippen molar-refractivity contribution >= 4 is 0 Å². The summed E-state index contributed by atoms with van der Waals surface area (Å²) < 4.78 is 44.4. The van der Waals surface area contributed by atoms with Gasteiger partial charge in [0.15, 0.2) is 6.10 Å². The van der Waals surface area contributed by atoms with Crippen LogP contribution < -0.4 is 4.74 Å². The number of rotatable bonds is 6. The van der Waals surface area contributed by atoms with Gasteiger partial charge in [0.25, 0.3) is 6.43 Å². The summed E-state index contributed by atoms with van der Waals surface area (Å²) >= 11 is 0. The molecule has 2 rings (SSSR count). The zero-order valence-electron chi connectivity index (χ0n) is 15.4. The number of aryl methyl sites for hydroxylation is 1. The van der Waals surface area contributed by atoms with E-state index in [1.807, 2.05) is 13.8 Å². The third-order valence-corrected chi connectivity index (χ3v) is 3.30. The lowest BCUT2D eigenvalue weighted by atomic mass is 10.1. The van der Waals surface area contributed by atoms with Crippen molar-refractivity contribution in [3.8, 4) is 17.0 Å². The Morgan fingerprint density at radius 2 is 1.81 bits per heavy atom. The average molecular weight is 367 g/mol. The number of hydrogen-bond donors (Lipinski definition) is 1.